The van der Waals surface area contributed by atoms with Crippen molar-refractivity contribution >= 4 is 45.9 Å². The van der Waals surface area contributed by atoms with E-state index in [2.05, 4.69) is 22.3 Å². The average molecular weight is 402 g/mol. The van der Waals surface area contributed by atoms with Crippen LogP contribution in [0.5, 0.6) is 0 Å². The van der Waals surface area contributed by atoms with Crippen molar-refractivity contribution < 1.29 is 4.79 Å². The summed E-state index contributed by atoms with van der Waals surface area (Å²) in [5, 5.41) is 4.92. The number of carbonyl (C=O) groups excluding carboxylic acids is 1. The first kappa shape index (κ1) is 20.6. The molecular weight excluding hydrogens is 377 g/mol. The summed E-state index contributed by atoms with van der Waals surface area (Å²) in [6, 6.07) is 5.92. The number of thioether (sulfide) groups is 1. The van der Waals surface area contributed by atoms with Crippen LogP contribution < -0.4 is 5.32 Å². The van der Waals surface area contributed by atoms with Gasteiger partial charge in [-0.3, -0.25) is 9.79 Å². The van der Waals surface area contributed by atoms with Crippen molar-refractivity contribution in [1.82, 2.24) is 10.2 Å². The number of carbonyl (C=O) groups is 1. The molecule has 1 atom stereocenters. The maximum atomic E-state index is 12.1. The predicted molar refractivity (Wildman–Crippen MR) is 109 cm³/mol. The molecule has 7 heteroatoms. The molecule has 1 unspecified atom stereocenters. The van der Waals surface area contributed by atoms with Crippen LogP contribution in [0.3, 0.4) is 0 Å². The molecule has 1 aliphatic heterocycles. The second-order valence-corrected chi connectivity index (χ2v) is 7.92. The normalized spacial score (nSPS) is 18.6. The third kappa shape index (κ3) is 6.48. The van der Waals surface area contributed by atoms with Crippen LogP contribution in [0.15, 0.2) is 23.2 Å². The van der Waals surface area contributed by atoms with Crippen LogP contribution in [-0.4, -0.2) is 54.3 Å². The first-order chi connectivity index (χ1) is 12.0. The van der Waals surface area contributed by atoms with E-state index in [1.807, 2.05) is 13.0 Å². The number of nitrogens with zero attached hydrogens (tertiary/aromatic N) is 2. The Morgan fingerprint density at radius 1 is 1.44 bits per heavy atom. The fourth-order valence-electron chi connectivity index (χ4n) is 2.92. The Kier molecular flexibility index (Phi) is 8.56. The zero-order chi connectivity index (χ0) is 18.2. The lowest BCUT2D eigenvalue weighted by atomic mass is 10.1. The number of hydrogen-bond acceptors (Lipinski definition) is 4. The van der Waals surface area contributed by atoms with Crippen LogP contribution >= 0.6 is 35.0 Å². The molecule has 1 aromatic carbocycles. The molecule has 138 valence electrons. The van der Waals surface area contributed by atoms with E-state index >= 15 is 0 Å². The Morgan fingerprint density at radius 2 is 2.24 bits per heavy atom. The Labute approximate surface area is 164 Å². The van der Waals surface area contributed by atoms with E-state index in [1.165, 1.54) is 24.6 Å². The quantitative estimate of drug-likeness (QED) is 0.552. The molecule has 1 N–H and O–H groups in total. The minimum Gasteiger partial charge on any atom is -0.355 e. The standard InChI is InChI=1S/C18H25Cl2N3OS/c1-3-21-18(15-7-6-13(19)11-16(15)20)25-12-17(24)22-9-8-14-5-4-10-23(14)2/h6-7,11,14H,3-5,8-10,12H2,1-2H3,(H,22,24). The van der Waals surface area contributed by atoms with Gasteiger partial charge in [-0.1, -0.05) is 35.0 Å². The van der Waals surface area contributed by atoms with Gasteiger partial charge in [-0.2, -0.15) is 0 Å². The first-order valence-corrected chi connectivity index (χ1v) is 10.3. The van der Waals surface area contributed by atoms with Gasteiger partial charge in [0.1, 0.15) is 0 Å². The topological polar surface area (TPSA) is 44.7 Å². The van der Waals surface area contributed by atoms with Gasteiger partial charge in [-0.05, 0) is 58.0 Å². The molecule has 1 aromatic rings. The molecule has 1 fully saturated rings. The largest absolute Gasteiger partial charge is 0.355 e. The molecule has 0 radical (unpaired) electrons. The van der Waals surface area contributed by atoms with Crippen molar-refractivity contribution in [1.29, 1.82) is 0 Å². The Hall–Kier alpha value is -0.750. The fourth-order valence-corrected chi connectivity index (χ4v) is 4.40. The van der Waals surface area contributed by atoms with Gasteiger partial charge < -0.3 is 10.2 Å². The summed E-state index contributed by atoms with van der Waals surface area (Å²) in [4.78, 5) is 19.0. The van der Waals surface area contributed by atoms with E-state index in [9.17, 15) is 4.79 Å². The molecule has 1 saturated heterocycles. The maximum absolute atomic E-state index is 12.1. The summed E-state index contributed by atoms with van der Waals surface area (Å²) in [6.45, 7) is 4.48. The molecule has 0 bridgehead atoms. The summed E-state index contributed by atoms with van der Waals surface area (Å²) in [7, 11) is 2.15. The Balaban J connectivity index is 1.82. The molecule has 4 nitrogen and oxygen atoms in total. The lowest BCUT2D eigenvalue weighted by Crippen LogP contribution is -2.32. The van der Waals surface area contributed by atoms with E-state index in [1.54, 1.807) is 12.1 Å². The summed E-state index contributed by atoms with van der Waals surface area (Å²) < 4.78 is 0. The summed E-state index contributed by atoms with van der Waals surface area (Å²) in [6.07, 6.45) is 3.49. The van der Waals surface area contributed by atoms with E-state index < -0.39 is 0 Å². The van der Waals surface area contributed by atoms with Gasteiger partial charge in [0.25, 0.3) is 0 Å². The van der Waals surface area contributed by atoms with Gasteiger partial charge in [0.15, 0.2) is 0 Å². The van der Waals surface area contributed by atoms with Crippen LogP contribution in [0.2, 0.25) is 10.0 Å². The van der Waals surface area contributed by atoms with Crippen molar-refractivity contribution in [2.45, 2.75) is 32.2 Å². The highest BCUT2D eigenvalue weighted by atomic mass is 35.5. The van der Waals surface area contributed by atoms with Gasteiger partial charge >= 0.3 is 0 Å². The van der Waals surface area contributed by atoms with Crippen LogP contribution in [0.4, 0.5) is 0 Å². The number of rotatable bonds is 7. The zero-order valence-corrected chi connectivity index (χ0v) is 17.1. The molecule has 0 saturated carbocycles. The second kappa shape index (κ2) is 10.4. The van der Waals surface area contributed by atoms with Crippen LogP contribution in [0.1, 0.15) is 31.7 Å². The number of likely N-dealkylation sites (tertiary alicyclic amines) is 1. The Morgan fingerprint density at radius 3 is 2.88 bits per heavy atom. The molecule has 1 aliphatic rings. The van der Waals surface area contributed by atoms with Gasteiger partial charge in [0, 0.05) is 29.7 Å². The van der Waals surface area contributed by atoms with Gasteiger partial charge in [0.2, 0.25) is 5.91 Å². The van der Waals surface area contributed by atoms with Crippen LogP contribution in [-0.2, 0) is 4.79 Å². The SMILES string of the molecule is CCN=C(SCC(=O)NCCC1CCCN1C)c1ccc(Cl)cc1Cl. The van der Waals surface area contributed by atoms with E-state index in [0.29, 0.717) is 28.4 Å². The van der Waals surface area contributed by atoms with Crippen molar-refractivity contribution in [3.8, 4) is 0 Å². The van der Waals surface area contributed by atoms with Crippen molar-refractivity contribution in [3.05, 3.63) is 33.8 Å². The fraction of sp³-hybridized carbons (Fsp3) is 0.556. The molecule has 1 heterocycles. The number of aliphatic imine (C=N–C) groups is 1. The molecule has 0 spiro atoms. The third-order valence-corrected chi connectivity index (χ3v) is 5.85. The van der Waals surface area contributed by atoms with Gasteiger partial charge in [-0.25, -0.2) is 0 Å². The molecular formula is C18H25Cl2N3OS. The lowest BCUT2D eigenvalue weighted by molar-refractivity contribution is -0.118. The average Bonchev–Trinajstić information content (AvgIpc) is 2.97. The van der Waals surface area contributed by atoms with Gasteiger partial charge in [0.05, 0.1) is 15.8 Å². The second-order valence-electron chi connectivity index (χ2n) is 6.11. The lowest BCUT2D eigenvalue weighted by Gasteiger charge is -2.19. The zero-order valence-electron chi connectivity index (χ0n) is 14.7. The molecule has 0 aliphatic carbocycles. The highest BCUT2D eigenvalue weighted by Gasteiger charge is 2.20. The van der Waals surface area contributed by atoms with E-state index in [-0.39, 0.29) is 5.91 Å². The van der Waals surface area contributed by atoms with Crippen molar-refractivity contribution in [3.63, 3.8) is 0 Å². The minimum atomic E-state index is 0.0274. The third-order valence-electron chi connectivity index (χ3n) is 4.27. The number of amides is 1. The highest BCUT2D eigenvalue weighted by molar-refractivity contribution is 8.15. The number of hydrogen-bond donors (Lipinski definition) is 1. The smallest absolute Gasteiger partial charge is 0.230 e. The maximum Gasteiger partial charge on any atom is 0.230 e. The van der Waals surface area contributed by atoms with Gasteiger partial charge in [-0.15, -0.1) is 0 Å². The molecule has 0 aromatic heterocycles. The number of nitrogens with one attached hydrogen (secondary N) is 1. The van der Waals surface area contributed by atoms with Crippen LogP contribution in [0.25, 0.3) is 0 Å². The molecule has 25 heavy (non-hydrogen) atoms. The molecule has 2 rings (SSSR count). The van der Waals surface area contributed by atoms with Crippen molar-refractivity contribution in [2.24, 2.45) is 4.99 Å². The van der Waals surface area contributed by atoms with E-state index in [4.69, 9.17) is 23.2 Å². The predicted octanol–water partition coefficient (Wildman–Crippen LogP) is 4.09. The highest BCUT2D eigenvalue weighted by Crippen LogP contribution is 2.25. The molecule has 1 amide bonds. The summed E-state index contributed by atoms with van der Waals surface area (Å²) in [5.41, 5.74) is 0.818. The number of benzene rings is 1. The van der Waals surface area contributed by atoms with Crippen LogP contribution in [0, 0.1) is 0 Å². The monoisotopic (exact) mass is 401 g/mol. The first-order valence-electron chi connectivity index (χ1n) is 8.61. The van der Waals surface area contributed by atoms with E-state index in [0.717, 1.165) is 30.1 Å². The minimum absolute atomic E-state index is 0.0274. The number of halogens is 2. The van der Waals surface area contributed by atoms with Crippen molar-refractivity contribution in [2.75, 3.05) is 32.4 Å². The Bertz CT molecular complexity index is 624. The summed E-state index contributed by atoms with van der Waals surface area (Å²) >= 11 is 13.6. The summed E-state index contributed by atoms with van der Waals surface area (Å²) in [5.74, 6) is 0.359.